The van der Waals surface area contributed by atoms with Gasteiger partial charge in [0.2, 0.25) is 5.91 Å². The largest absolute Gasteiger partial charge is 0.341 e. The maximum absolute atomic E-state index is 12.4. The summed E-state index contributed by atoms with van der Waals surface area (Å²) < 4.78 is 24.2. The standard InChI is InChI=1S/C12H24N4O3S/c13-20(18,19)15-8-10-4-3-7-16(9-10)12(17)11-5-1-2-6-14-11/h10-11,14-15H,1-9H2,(H2,13,18,19). The molecular weight excluding hydrogens is 280 g/mol. The summed E-state index contributed by atoms with van der Waals surface area (Å²) in [6.07, 6.45) is 4.95. The van der Waals surface area contributed by atoms with Gasteiger partial charge in [0.15, 0.2) is 0 Å². The number of hydrogen-bond donors (Lipinski definition) is 3. The Morgan fingerprint density at radius 1 is 1.30 bits per heavy atom. The van der Waals surface area contributed by atoms with E-state index in [-0.39, 0.29) is 17.9 Å². The zero-order valence-corrected chi connectivity index (χ0v) is 12.5. The second-order valence-corrected chi connectivity index (χ2v) is 7.07. The van der Waals surface area contributed by atoms with E-state index in [9.17, 15) is 13.2 Å². The number of nitrogens with zero attached hydrogens (tertiary/aromatic N) is 1. The van der Waals surface area contributed by atoms with Crippen LogP contribution in [0.2, 0.25) is 0 Å². The highest BCUT2D eigenvalue weighted by Crippen LogP contribution is 2.18. The van der Waals surface area contributed by atoms with Gasteiger partial charge in [-0.2, -0.15) is 8.42 Å². The lowest BCUT2D eigenvalue weighted by Gasteiger charge is -2.36. The Morgan fingerprint density at radius 3 is 2.75 bits per heavy atom. The summed E-state index contributed by atoms with van der Waals surface area (Å²) in [5.41, 5.74) is 0. The maximum atomic E-state index is 12.4. The van der Waals surface area contributed by atoms with Crippen molar-refractivity contribution in [2.24, 2.45) is 11.1 Å². The van der Waals surface area contributed by atoms with Gasteiger partial charge in [-0.3, -0.25) is 4.79 Å². The van der Waals surface area contributed by atoms with Gasteiger partial charge in [0.1, 0.15) is 0 Å². The van der Waals surface area contributed by atoms with Crippen molar-refractivity contribution in [3.8, 4) is 0 Å². The summed E-state index contributed by atoms with van der Waals surface area (Å²) in [7, 11) is -3.65. The molecule has 0 saturated carbocycles. The fourth-order valence-corrected chi connectivity index (χ4v) is 3.42. The van der Waals surface area contributed by atoms with Gasteiger partial charge in [0.25, 0.3) is 10.2 Å². The minimum Gasteiger partial charge on any atom is -0.341 e. The summed E-state index contributed by atoms with van der Waals surface area (Å²) in [6, 6.07) is -0.0614. The number of hydrogen-bond acceptors (Lipinski definition) is 4. The molecule has 0 aromatic rings. The third kappa shape index (κ3) is 4.69. The van der Waals surface area contributed by atoms with E-state index in [1.54, 1.807) is 0 Å². The van der Waals surface area contributed by atoms with Gasteiger partial charge in [-0.15, -0.1) is 0 Å². The summed E-state index contributed by atoms with van der Waals surface area (Å²) in [5, 5.41) is 8.20. The van der Waals surface area contributed by atoms with E-state index in [2.05, 4.69) is 10.0 Å². The number of rotatable bonds is 4. The van der Waals surface area contributed by atoms with Crippen molar-refractivity contribution in [1.29, 1.82) is 0 Å². The molecule has 8 heteroatoms. The maximum Gasteiger partial charge on any atom is 0.274 e. The molecule has 0 radical (unpaired) electrons. The molecule has 2 heterocycles. The number of carbonyl (C=O) groups is 1. The van der Waals surface area contributed by atoms with Crippen LogP contribution in [-0.2, 0) is 15.0 Å². The normalized spacial score (nSPS) is 28.4. The zero-order chi connectivity index (χ0) is 14.6. The van der Waals surface area contributed by atoms with E-state index < -0.39 is 10.2 Å². The fraction of sp³-hybridized carbons (Fsp3) is 0.917. The van der Waals surface area contributed by atoms with Crippen LogP contribution in [0.4, 0.5) is 0 Å². The Kier molecular flexibility index (Phi) is 5.36. The molecule has 2 saturated heterocycles. The van der Waals surface area contributed by atoms with Crippen LogP contribution in [0.5, 0.6) is 0 Å². The molecule has 2 fully saturated rings. The van der Waals surface area contributed by atoms with Crippen molar-refractivity contribution >= 4 is 16.1 Å². The third-order valence-corrected chi connectivity index (χ3v) is 4.58. The van der Waals surface area contributed by atoms with Crippen molar-refractivity contribution in [3.63, 3.8) is 0 Å². The Hall–Kier alpha value is -0.700. The second kappa shape index (κ2) is 6.84. The van der Waals surface area contributed by atoms with Crippen LogP contribution >= 0.6 is 0 Å². The van der Waals surface area contributed by atoms with Crippen molar-refractivity contribution in [2.75, 3.05) is 26.2 Å². The van der Waals surface area contributed by atoms with E-state index in [1.165, 1.54) is 0 Å². The molecule has 0 aliphatic carbocycles. The topological polar surface area (TPSA) is 105 Å². The van der Waals surface area contributed by atoms with Gasteiger partial charge < -0.3 is 10.2 Å². The molecule has 2 rings (SSSR count). The molecule has 1 amide bonds. The first-order chi connectivity index (χ1) is 9.46. The average Bonchev–Trinajstić information content (AvgIpc) is 2.45. The van der Waals surface area contributed by atoms with E-state index in [0.717, 1.165) is 45.2 Å². The Labute approximate surface area is 120 Å². The lowest BCUT2D eigenvalue weighted by molar-refractivity contribution is -0.135. The highest BCUT2D eigenvalue weighted by atomic mass is 32.2. The lowest BCUT2D eigenvalue weighted by Crippen LogP contribution is -2.52. The molecule has 2 aliphatic heterocycles. The number of nitrogens with two attached hydrogens (primary N) is 1. The number of likely N-dealkylation sites (tertiary alicyclic amines) is 1. The highest BCUT2D eigenvalue weighted by Gasteiger charge is 2.29. The van der Waals surface area contributed by atoms with Crippen molar-refractivity contribution in [1.82, 2.24) is 14.9 Å². The molecule has 2 atom stereocenters. The van der Waals surface area contributed by atoms with Crippen LogP contribution in [0.3, 0.4) is 0 Å². The van der Waals surface area contributed by atoms with E-state index in [0.29, 0.717) is 13.1 Å². The van der Waals surface area contributed by atoms with Crippen molar-refractivity contribution in [3.05, 3.63) is 0 Å². The molecule has 0 aromatic carbocycles. The van der Waals surface area contributed by atoms with Crippen LogP contribution in [0.15, 0.2) is 0 Å². The van der Waals surface area contributed by atoms with E-state index >= 15 is 0 Å². The van der Waals surface area contributed by atoms with Gasteiger partial charge in [0.05, 0.1) is 6.04 Å². The first kappa shape index (κ1) is 15.7. The average molecular weight is 304 g/mol. The SMILES string of the molecule is NS(=O)(=O)NCC1CCCN(C(=O)C2CCCCN2)C1. The van der Waals surface area contributed by atoms with Crippen molar-refractivity contribution < 1.29 is 13.2 Å². The number of piperidine rings is 2. The number of nitrogens with one attached hydrogen (secondary N) is 2. The van der Waals surface area contributed by atoms with Gasteiger partial charge >= 0.3 is 0 Å². The van der Waals surface area contributed by atoms with Crippen LogP contribution < -0.4 is 15.2 Å². The van der Waals surface area contributed by atoms with Gasteiger partial charge in [-0.05, 0) is 38.1 Å². The predicted octanol–water partition coefficient (Wildman–Crippen LogP) is -0.840. The number of amides is 1. The van der Waals surface area contributed by atoms with Gasteiger partial charge in [-0.25, -0.2) is 9.86 Å². The molecule has 0 bridgehead atoms. The fourth-order valence-electron chi connectivity index (χ4n) is 2.95. The first-order valence-corrected chi connectivity index (χ1v) is 8.80. The molecule has 4 N–H and O–H groups in total. The monoisotopic (exact) mass is 304 g/mol. The quantitative estimate of drug-likeness (QED) is 0.630. The van der Waals surface area contributed by atoms with Crippen LogP contribution in [0, 0.1) is 5.92 Å². The molecular formula is C12H24N4O3S. The number of carbonyl (C=O) groups excluding carboxylic acids is 1. The molecule has 116 valence electrons. The minimum absolute atomic E-state index is 0.0614. The lowest BCUT2D eigenvalue weighted by atomic mass is 9.96. The Balaban J connectivity index is 1.84. The van der Waals surface area contributed by atoms with Crippen LogP contribution in [0.25, 0.3) is 0 Å². The summed E-state index contributed by atoms with van der Waals surface area (Å²) >= 11 is 0. The second-order valence-electron chi connectivity index (χ2n) is 5.69. The molecule has 2 aliphatic rings. The summed E-state index contributed by atoms with van der Waals surface area (Å²) in [6.45, 7) is 2.59. The Bertz CT molecular complexity index is 434. The summed E-state index contributed by atoms with van der Waals surface area (Å²) in [4.78, 5) is 14.3. The predicted molar refractivity (Wildman–Crippen MR) is 76.1 cm³/mol. The van der Waals surface area contributed by atoms with E-state index in [1.807, 2.05) is 4.90 Å². The molecule has 0 aromatic heterocycles. The molecule has 7 nitrogen and oxygen atoms in total. The van der Waals surface area contributed by atoms with Crippen LogP contribution in [0.1, 0.15) is 32.1 Å². The Morgan fingerprint density at radius 2 is 2.10 bits per heavy atom. The third-order valence-electron chi connectivity index (χ3n) is 4.01. The minimum atomic E-state index is -3.65. The molecule has 20 heavy (non-hydrogen) atoms. The molecule has 2 unspecified atom stereocenters. The molecule has 0 spiro atoms. The zero-order valence-electron chi connectivity index (χ0n) is 11.7. The van der Waals surface area contributed by atoms with Crippen molar-refractivity contribution in [2.45, 2.75) is 38.1 Å². The highest BCUT2D eigenvalue weighted by molar-refractivity contribution is 7.87. The summed E-state index contributed by atoms with van der Waals surface area (Å²) in [5.74, 6) is 0.305. The smallest absolute Gasteiger partial charge is 0.274 e. The van der Waals surface area contributed by atoms with Crippen LogP contribution in [-0.4, -0.2) is 51.4 Å². The van der Waals surface area contributed by atoms with Gasteiger partial charge in [-0.1, -0.05) is 6.42 Å². The van der Waals surface area contributed by atoms with E-state index in [4.69, 9.17) is 5.14 Å². The first-order valence-electron chi connectivity index (χ1n) is 7.25. The van der Waals surface area contributed by atoms with Gasteiger partial charge in [0, 0.05) is 19.6 Å².